The lowest BCUT2D eigenvalue weighted by Crippen LogP contribution is -2.23. The Hall–Kier alpha value is -1.42. The first-order valence-corrected chi connectivity index (χ1v) is 4.93. The van der Waals surface area contributed by atoms with Gasteiger partial charge in [0, 0.05) is 13.0 Å². The van der Waals surface area contributed by atoms with Crippen LogP contribution < -0.4 is 11.1 Å². The van der Waals surface area contributed by atoms with Crippen molar-refractivity contribution in [3.8, 4) is 0 Å². The third-order valence-corrected chi connectivity index (χ3v) is 2.01. The van der Waals surface area contributed by atoms with E-state index in [1.54, 1.807) is 12.1 Å². The van der Waals surface area contributed by atoms with Gasteiger partial charge in [0.05, 0.1) is 0 Å². The second kappa shape index (κ2) is 6.14. The van der Waals surface area contributed by atoms with E-state index >= 15 is 0 Å². The van der Waals surface area contributed by atoms with E-state index in [2.05, 4.69) is 5.32 Å². The van der Waals surface area contributed by atoms with Crippen molar-refractivity contribution in [2.75, 3.05) is 6.54 Å². The van der Waals surface area contributed by atoms with Crippen LogP contribution in [-0.4, -0.2) is 12.5 Å². The van der Waals surface area contributed by atoms with E-state index in [9.17, 15) is 9.18 Å². The fraction of sp³-hybridized carbons (Fsp3) is 0.364. The van der Waals surface area contributed by atoms with E-state index < -0.39 is 0 Å². The number of carbonyl (C=O) groups excluding carboxylic acids is 1. The molecule has 82 valence electrons. The van der Waals surface area contributed by atoms with E-state index in [0.717, 1.165) is 5.56 Å². The van der Waals surface area contributed by atoms with Gasteiger partial charge in [-0.05, 0) is 30.7 Å². The number of nitrogens with one attached hydrogen (secondary N) is 1. The molecule has 1 amide bonds. The van der Waals surface area contributed by atoms with Crippen LogP contribution in [0.4, 0.5) is 4.39 Å². The minimum atomic E-state index is -0.270. The molecule has 15 heavy (non-hydrogen) atoms. The summed E-state index contributed by atoms with van der Waals surface area (Å²) in [5.41, 5.74) is 6.17. The molecule has 0 atom stereocenters. The van der Waals surface area contributed by atoms with Crippen molar-refractivity contribution in [3.05, 3.63) is 35.6 Å². The van der Waals surface area contributed by atoms with Crippen LogP contribution in [0.1, 0.15) is 18.4 Å². The zero-order valence-electron chi connectivity index (χ0n) is 8.50. The lowest BCUT2D eigenvalue weighted by molar-refractivity contribution is -0.121. The second-order valence-corrected chi connectivity index (χ2v) is 3.30. The Bertz CT molecular complexity index is 311. The number of benzene rings is 1. The van der Waals surface area contributed by atoms with Crippen molar-refractivity contribution in [1.29, 1.82) is 0 Å². The molecule has 0 fully saturated rings. The van der Waals surface area contributed by atoms with Crippen LogP contribution in [0.5, 0.6) is 0 Å². The maximum absolute atomic E-state index is 12.6. The fourth-order valence-corrected chi connectivity index (χ4v) is 1.15. The largest absolute Gasteiger partial charge is 0.352 e. The smallest absolute Gasteiger partial charge is 0.220 e. The van der Waals surface area contributed by atoms with Gasteiger partial charge < -0.3 is 11.1 Å². The number of rotatable bonds is 5. The second-order valence-electron chi connectivity index (χ2n) is 3.30. The number of nitrogens with two attached hydrogens (primary N) is 1. The molecule has 1 aromatic carbocycles. The summed E-state index contributed by atoms with van der Waals surface area (Å²) in [6, 6.07) is 6.06. The molecule has 0 saturated heterocycles. The first-order valence-electron chi connectivity index (χ1n) is 4.93. The van der Waals surface area contributed by atoms with Crippen LogP contribution in [0.15, 0.2) is 24.3 Å². The van der Waals surface area contributed by atoms with Gasteiger partial charge in [-0.2, -0.15) is 0 Å². The topological polar surface area (TPSA) is 55.1 Å². The SMILES string of the molecule is NCCCC(=O)NCc1ccc(F)cc1. The fourth-order valence-electron chi connectivity index (χ4n) is 1.15. The van der Waals surface area contributed by atoms with Gasteiger partial charge in [-0.1, -0.05) is 12.1 Å². The first-order chi connectivity index (χ1) is 7.22. The quantitative estimate of drug-likeness (QED) is 0.766. The van der Waals surface area contributed by atoms with Crippen LogP contribution >= 0.6 is 0 Å². The van der Waals surface area contributed by atoms with Gasteiger partial charge in [-0.25, -0.2) is 4.39 Å². The Morgan fingerprint density at radius 3 is 2.60 bits per heavy atom. The Morgan fingerprint density at radius 2 is 2.00 bits per heavy atom. The molecule has 0 bridgehead atoms. The maximum Gasteiger partial charge on any atom is 0.220 e. The number of carbonyl (C=O) groups is 1. The van der Waals surface area contributed by atoms with Crippen LogP contribution in [0.2, 0.25) is 0 Å². The molecule has 0 radical (unpaired) electrons. The normalized spacial score (nSPS) is 10.0. The lowest BCUT2D eigenvalue weighted by atomic mass is 10.2. The van der Waals surface area contributed by atoms with E-state index in [0.29, 0.717) is 25.9 Å². The monoisotopic (exact) mass is 210 g/mol. The molecule has 1 aromatic rings. The summed E-state index contributed by atoms with van der Waals surface area (Å²) in [6.07, 6.45) is 1.13. The highest BCUT2D eigenvalue weighted by atomic mass is 19.1. The molecule has 4 heteroatoms. The standard InChI is InChI=1S/C11H15FN2O/c12-10-5-3-9(4-6-10)8-14-11(15)2-1-7-13/h3-6H,1-2,7-8,13H2,(H,14,15). The molecule has 3 N–H and O–H groups in total. The molecule has 1 rings (SSSR count). The summed E-state index contributed by atoms with van der Waals surface area (Å²) in [5, 5.41) is 2.74. The van der Waals surface area contributed by atoms with Gasteiger partial charge in [-0.15, -0.1) is 0 Å². The van der Waals surface area contributed by atoms with Gasteiger partial charge >= 0.3 is 0 Å². The minimum absolute atomic E-state index is 0.0234. The number of hydrogen-bond acceptors (Lipinski definition) is 2. The summed E-state index contributed by atoms with van der Waals surface area (Å²) >= 11 is 0. The highest BCUT2D eigenvalue weighted by molar-refractivity contribution is 5.75. The third-order valence-electron chi connectivity index (χ3n) is 2.01. The van der Waals surface area contributed by atoms with Crippen molar-refractivity contribution in [2.45, 2.75) is 19.4 Å². The predicted octanol–water partition coefficient (Wildman–Crippen LogP) is 1.18. The molecule has 0 aliphatic rings. The summed E-state index contributed by atoms with van der Waals surface area (Å²) in [6.45, 7) is 0.952. The Balaban J connectivity index is 2.30. The molecule has 0 saturated carbocycles. The number of hydrogen-bond donors (Lipinski definition) is 2. The van der Waals surface area contributed by atoms with E-state index in [1.807, 2.05) is 0 Å². The van der Waals surface area contributed by atoms with E-state index in [-0.39, 0.29) is 11.7 Å². The third kappa shape index (κ3) is 4.56. The molecule has 3 nitrogen and oxygen atoms in total. The van der Waals surface area contributed by atoms with Crippen molar-refractivity contribution in [3.63, 3.8) is 0 Å². The molecular weight excluding hydrogens is 195 g/mol. The van der Waals surface area contributed by atoms with Crippen LogP contribution in [0, 0.1) is 5.82 Å². The average molecular weight is 210 g/mol. The van der Waals surface area contributed by atoms with Crippen LogP contribution in [-0.2, 0) is 11.3 Å². The van der Waals surface area contributed by atoms with E-state index in [1.165, 1.54) is 12.1 Å². The van der Waals surface area contributed by atoms with Crippen LogP contribution in [0.3, 0.4) is 0 Å². The summed E-state index contributed by atoms with van der Waals surface area (Å²) in [4.78, 5) is 11.2. The summed E-state index contributed by atoms with van der Waals surface area (Å²) in [7, 11) is 0. The summed E-state index contributed by atoms with van der Waals surface area (Å²) < 4.78 is 12.6. The number of amides is 1. The minimum Gasteiger partial charge on any atom is -0.352 e. The van der Waals surface area contributed by atoms with Gasteiger partial charge in [0.1, 0.15) is 5.82 Å². The molecule has 0 aliphatic heterocycles. The van der Waals surface area contributed by atoms with E-state index in [4.69, 9.17) is 5.73 Å². The lowest BCUT2D eigenvalue weighted by Gasteiger charge is -2.04. The average Bonchev–Trinajstić information content (AvgIpc) is 2.25. The number of halogens is 1. The highest BCUT2D eigenvalue weighted by Gasteiger charge is 2.00. The van der Waals surface area contributed by atoms with Crippen molar-refractivity contribution in [1.82, 2.24) is 5.32 Å². The Morgan fingerprint density at radius 1 is 1.33 bits per heavy atom. The molecular formula is C11H15FN2O. The molecule has 0 aromatic heterocycles. The Kier molecular flexibility index (Phi) is 4.77. The van der Waals surface area contributed by atoms with Crippen LogP contribution in [0.25, 0.3) is 0 Å². The highest BCUT2D eigenvalue weighted by Crippen LogP contribution is 2.02. The first kappa shape index (κ1) is 11.7. The van der Waals surface area contributed by atoms with Gasteiger partial charge in [0.15, 0.2) is 0 Å². The zero-order valence-corrected chi connectivity index (χ0v) is 8.50. The Labute approximate surface area is 88.5 Å². The molecule has 0 spiro atoms. The van der Waals surface area contributed by atoms with Crippen molar-refractivity contribution in [2.24, 2.45) is 5.73 Å². The molecule has 0 unspecified atom stereocenters. The maximum atomic E-state index is 12.6. The van der Waals surface area contributed by atoms with Gasteiger partial charge in [0.25, 0.3) is 0 Å². The molecule has 0 aliphatic carbocycles. The van der Waals surface area contributed by atoms with Gasteiger partial charge in [0.2, 0.25) is 5.91 Å². The van der Waals surface area contributed by atoms with Gasteiger partial charge in [-0.3, -0.25) is 4.79 Å². The molecule has 0 heterocycles. The summed E-state index contributed by atoms with van der Waals surface area (Å²) in [5.74, 6) is -0.294. The predicted molar refractivity (Wildman–Crippen MR) is 56.5 cm³/mol. The van der Waals surface area contributed by atoms with Crippen molar-refractivity contribution >= 4 is 5.91 Å². The zero-order chi connectivity index (χ0) is 11.1. The van der Waals surface area contributed by atoms with Crippen molar-refractivity contribution < 1.29 is 9.18 Å².